The first-order chi connectivity index (χ1) is 29.0. The normalized spacial score (nSPS) is 13.4. The fourth-order valence-corrected chi connectivity index (χ4v) is 9.91. The van der Waals surface area contributed by atoms with Crippen LogP contribution < -0.4 is 0 Å². The molecule has 0 bridgehead atoms. The van der Waals surface area contributed by atoms with Crippen LogP contribution >= 0.6 is 0 Å². The first-order valence-electron chi connectivity index (χ1n) is 20.2. The second-order valence-electron chi connectivity index (χ2n) is 16.5. The van der Waals surface area contributed by atoms with E-state index in [2.05, 4.69) is 172 Å². The Bertz CT molecular complexity index is 3740. The number of rotatable bonds is 3. The molecular weight excluding hydrogens is 721 g/mol. The molecule has 0 saturated carbocycles. The number of hydrogen-bond acceptors (Lipinski definition) is 4. The molecule has 0 unspecified atom stereocenters. The number of fused-ring (bicyclic) bond motifs is 15. The molecule has 4 nitrogen and oxygen atoms in total. The summed E-state index contributed by atoms with van der Waals surface area (Å²) in [4.78, 5) is 10.3. The summed E-state index contributed by atoms with van der Waals surface area (Å²) < 4.78 is 12.9. The van der Waals surface area contributed by atoms with Gasteiger partial charge in [-0.05, 0) is 97.7 Å². The molecule has 3 heterocycles. The molecule has 3 aromatic heterocycles. The largest absolute Gasteiger partial charge is 0.456 e. The SMILES string of the molecule is CC1(C)c2ccccc2-c2ccc(-c3ccc4oc5cc6oc7ccc(-c8cccc(-c9cnc%10c%11ccccc%11c%11ccccc%11c%10n9)c8)cc7c6cc5c4c3)cc21. The molecule has 12 aromatic rings. The van der Waals surface area contributed by atoms with Gasteiger partial charge in [0.25, 0.3) is 0 Å². The summed E-state index contributed by atoms with van der Waals surface area (Å²) in [5.41, 5.74) is 17.0. The molecule has 4 heteroatoms. The van der Waals surface area contributed by atoms with E-state index in [1.807, 2.05) is 12.3 Å². The molecule has 276 valence electrons. The fraction of sp³-hybridized carbons (Fsp3) is 0.0545. The van der Waals surface area contributed by atoms with Crippen LogP contribution in [0.2, 0.25) is 0 Å². The minimum atomic E-state index is -0.0575. The van der Waals surface area contributed by atoms with Crippen molar-refractivity contribution in [3.63, 3.8) is 0 Å². The van der Waals surface area contributed by atoms with Crippen molar-refractivity contribution in [1.29, 1.82) is 0 Å². The minimum Gasteiger partial charge on any atom is -0.456 e. The Hall–Kier alpha value is -7.56. The lowest BCUT2D eigenvalue weighted by Crippen LogP contribution is -2.14. The monoisotopic (exact) mass is 754 g/mol. The van der Waals surface area contributed by atoms with E-state index in [4.69, 9.17) is 18.8 Å². The molecule has 0 spiro atoms. The number of furan rings is 2. The maximum Gasteiger partial charge on any atom is 0.139 e. The van der Waals surface area contributed by atoms with Gasteiger partial charge in [0.2, 0.25) is 0 Å². The van der Waals surface area contributed by atoms with Gasteiger partial charge in [-0.2, -0.15) is 0 Å². The topological polar surface area (TPSA) is 52.1 Å². The van der Waals surface area contributed by atoms with E-state index in [1.165, 1.54) is 44.2 Å². The predicted molar refractivity (Wildman–Crippen MR) is 243 cm³/mol. The molecule has 0 amide bonds. The zero-order valence-electron chi connectivity index (χ0n) is 32.4. The highest BCUT2D eigenvalue weighted by molar-refractivity contribution is 6.23. The molecule has 0 radical (unpaired) electrons. The average molecular weight is 755 g/mol. The first-order valence-corrected chi connectivity index (χ1v) is 20.2. The molecule has 0 atom stereocenters. The van der Waals surface area contributed by atoms with Gasteiger partial charge in [-0.25, -0.2) is 4.98 Å². The summed E-state index contributed by atoms with van der Waals surface area (Å²) in [5.74, 6) is 0. The first kappa shape index (κ1) is 32.5. The predicted octanol–water partition coefficient (Wildman–Crippen LogP) is 15.0. The van der Waals surface area contributed by atoms with Gasteiger partial charge in [0.1, 0.15) is 22.3 Å². The Balaban J connectivity index is 0.903. The molecule has 13 rings (SSSR count). The van der Waals surface area contributed by atoms with Crippen molar-refractivity contribution in [3.05, 3.63) is 181 Å². The summed E-state index contributed by atoms with van der Waals surface area (Å²) in [6, 6.07) is 58.6. The van der Waals surface area contributed by atoms with Crippen LogP contribution in [0.3, 0.4) is 0 Å². The number of aromatic nitrogens is 2. The van der Waals surface area contributed by atoms with Gasteiger partial charge in [-0.15, -0.1) is 0 Å². The molecular formula is C55H34N2O2. The van der Waals surface area contributed by atoms with Crippen molar-refractivity contribution in [2.75, 3.05) is 0 Å². The summed E-state index contributed by atoms with van der Waals surface area (Å²) in [5, 5.41) is 8.91. The Labute approximate surface area is 339 Å². The van der Waals surface area contributed by atoms with Gasteiger partial charge < -0.3 is 8.83 Å². The van der Waals surface area contributed by atoms with Crippen LogP contribution in [0.1, 0.15) is 25.0 Å². The minimum absolute atomic E-state index is 0.0575. The third-order valence-corrected chi connectivity index (χ3v) is 12.9. The van der Waals surface area contributed by atoms with E-state index >= 15 is 0 Å². The lowest BCUT2D eigenvalue weighted by Gasteiger charge is -2.22. The van der Waals surface area contributed by atoms with E-state index in [-0.39, 0.29) is 5.41 Å². The van der Waals surface area contributed by atoms with Crippen molar-refractivity contribution >= 4 is 76.5 Å². The molecule has 0 fully saturated rings. The Kier molecular flexibility index (Phi) is 6.48. The highest BCUT2D eigenvalue weighted by Crippen LogP contribution is 2.50. The molecule has 59 heavy (non-hydrogen) atoms. The molecule has 0 aliphatic heterocycles. The number of benzene rings is 9. The average Bonchev–Trinajstić information content (AvgIpc) is 3.91. The third-order valence-electron chi connectivity index (χ3n) is 12.9. The van der Waals surface area contributed by atoms with Gasteiger partial charge in [0.05, 0.1) is 22.9 Å². The van der Waals surface area contributed by atoms with Gasteiger partial charge in [0, 0.05) is 49.4 Å². The van der Waals surface area contributed by atoms with Gasteiger partial charge in [-0.3, -0.25) is 4.98 Å². The summed E-state index contributed by atoms with van der Waals surface area (Å²) >= 11 is 0. The van der Waals surface area contributed by atoms with Gasteiger partial charge >= 0.3 is 0 Å². The van der Waals surface area contributed by atoms with Crippen LogP contribution in [0.4, 0.5) is 0 Å². The van der Waals surface area contributed by atoms with Crippen LogP contribution in [0, 0.1) is 0 Å². The Morgan fingerprint density at radius 2 is 0.915 bits per heavy atom. The van der Waals surface area contributed by atoms with Crippen LogP contribution in [-0.2, 0) is 5.41 Å². The van der Waals surface area contributed by atoms with Crippen molar-refractivity contribution < 1.29 is 8.83 Å². The van der Waals surface area contributed by atoms with Crippen molar-refractivity contribution in [1.82, 2.24) is 9.97 Å². The Morgan fingerprint density at radius 3 is 1.63 bits per heavy atom. The Morgan fingerprint density at radius 1 is 0.373 bits per heavy atom. The summed E-state index contributed by atoms with van der Waals surface area (Å²) in [6.07, 6.45) is 1.91. The van der Waals surface area contributed by atoms with Crippen LogP contribution in [0.25, 0.3) is 121 Å². The molecule has 9 aromatic carbocycles. The smallest absolute Gasteiger partial charge is 0.139 e. The lowest BCUT2D eigenvalue weighted by molar-refractivity contribution is 0.656. The molecule has 0 N–H and O–H groups in total. The molecule has 0 saturated heterocycles. The van der Waals surface area contributed by atoms with E-state index in [0.717, 1.165) is 88.1 Å². The number of hydrogen-bond donors (Lipinski definition) is 0. The second-order valence-corrected chi connectivity index (χ2v) is 16.5. The molecule has 1 aliphatic rings. The van der Waals surface area contributed by atoms with Crippen molar-refractivity contribution in [2.45, 2.75) is 19.3 Å². The standard InChI is InChI=1S/C55H34N2O2/c1-55(2)46-17-8-7-14-38(46)39-21-18-34(27-47(39)55)33-20-23-50-43(26-33)45-28-44-42-25-32(19-22-49(42)58-51(44)29-52(45)59-50)31-10-9-11-35(24-31)48-30-56-53-40-15-5-3-12-36(40)37-13-4-6-16-41(37)54(53)57-48/h3-30H,1-2H3. The summed E-state index contributed by atoms with van der Waals surface area (Å²) in [7, 11) is 0. The van der Waals surface area contributed by atoms with Gasteiger partial charge in [-0.1, -0.05) is 129 Å². The maximum absolute atomic E-state index is 6.45. The van der Waals surface area contributed by atoms with Crippen molar-refractivity contribution in [2.24, 2.45) is 0 Å². The van der Waals surface area contributed by atoms with E-state index in [9.17, 15) is 0 Å². The highest BCUT2D eigenvalue weighted by Gasteiger charge is 2.35. The van der Waals surface area contributed by atoms with Crippen LogP contribution in [-0.4, -0.2) is 9.97 Å². The number of nitrogens with zero attached hydrogens (tertiary/aromatic N) is 2. The van der Waals surface area contributed by atoms with E-state index in [1.54, 1.807) is 0 Å². The zero-order valence-corrected chi connectivity index (χ0v) is 32.4. The zero-order chi connectivity index (χ0) is 39.0. The summed E-state index contributed by atoms with van der Waals surface area (Å²) in [6.45, 7) is 4.67. The van der Waals surface area contributed by atoms with E-state index < -0.39 is 0 Å². The van der Waals surface area contributed by atoms with Crippen molar-refractivity contribution in [3.8, 4) is 44.6 Å². The van der Waals surface area contributed by atoms with Crippen LogP contribution in [0.15, 0.2) is 179 Å². The van der Waals surface area contributed by atoms with Crippen LogP contribution in [0.5, 0.6) is 0 Å². The molecule has 1 aliphatic carbocycles. The maximum atomic E-state index is 6.45. The second kappa shape index (κ2) is 11.7. The van der Waals surface area contributed by atoms with Gasteiger partial charge in [0.15, 0.2) is 0 Å². The third kappa shape index (κ3) is 4.66. The van der Waals surface area contributed by atoms with E-state index in [0.29, 0.717) is 0 Å². The fourth-order valence-electron chi connectivity index (χ4n) is 9.91. The highest BCUT2D eigenvalue weighted by atomic mass is 16.3. The quantitative estimate of drug-likeness (QED) is 0.169. The lowest BCUT2D eigenvalue weighted by atomic mass is 9.81.